The quantitative estimate of drug-likeness (QED) is 0.645. The van der Waals surface area contributed by atoms with Crippen molar-refractivity contribution in [2.75, 3.05) is 26.4 Å². The predicted octanol–water partition coefficient (Wildman–Crippen LogP) is 3.91. The number of halogens is 2. The number of unbranched alkanes of at least 4 members (excludes halogenated alkanes) is 1. The van der Waals surface area contributed by atoms with Crippen molar-refractivity contribution in [3.63, 3.8) is 0 Å². The molecule has 0 unspecified atom stereocenters. The van der Waals surface area contributed by atoms with E-state index in [-0.39, 0.29) is 0 Å². The molecule has 0 atom stereocenters. The fourth-order valence-electron chi connectivity index (χ4n) is 1.61. The number of hydrogen-bond acceptors (Lipinski definition) is 3. The maximum atomic E-state index is 5.73. The average Bonchev–Trinajstić information content (AvgIpc) is 2.36. The summed E-state index contributed by atoms with van der Waals surface area (Å²) in [6, 6.07) is 4.09. The Balaban J connectivity index is 2.45. The van der Waals surface area contributed by atoms with E-state index in [9.17, 15) is 0 Å². The molecule has 0 aliphatic heterocycles. The van der Waals surface area contributed by atoms with Crippen LogP contribution in [0.15, 0.2) is 21.1 Å². The van der Waals surface area contributed by atoms with Crippen molar-refractivity contribution >= 4 is 31.9 Å². The van der Waals surface area contributed by atoms with Crippen LogP contribution in [0.3, 0.4) is 0 Å². The Labute approximate surface area is 132 Å². The van der Waals surface area contributed by atoms with Crippen molar-refractivity contribution < 1.29 is 9.47 Å². The molecule has 0 radical (unpaired) electrons. The molecule has 0 amide bonds. The lowest BCUT2D eigenvalue weighted by molar-refractivity contribution is 0.0975. The van der Waals surface area contributed by atoms with Gasteiger partial charge in [-0.3, -0.25) is 0 Å². The maximum absolute atomic E-state index is 5.73. The normalized spacial score (nSPS) is 10.7. The van der Waals surface area contributed by atoms with Gasteiger partial charge in [-0.05, 0) is 68.9 Å². The fourth-order valence-corrected chi connectivity index (χ4v) is 3.12. The summed E-state index contributed by atoms with van der Waals surface area (Å²) in [6.07, 6.45) is 3.11. The van der Waals surface area contributed by atoms with Crippen LogP contribution in [0.1, 0.15) is 25.3 Å². The van der Waals surface area contributed by atoms with E-state index in [1.807, 2.05) is 12.1 Å². The molecule has 5 heteroatoms. The third-order valence-corrected chi connectivity index (χ3v) is 3.79. The molecule has 0 fully saturated rings. The van der Waals surface area contributed by atoms with E-state index >= 15 is 0 Å². The van der Waals surface area contributed by atoms with E-state index in [2.05, 4.69) is 38.8 Å². The SMILES string of the molecule is CCCCOCCOc1c(Br)cc(CCN)cc1Br. The number of rotatable bonds is 9. The molecule has 0 aromatic heterocycles. The highest BCUT2D eigenvalue weighted by atomic mass is 79.9. The van der Waals surface area contributed by atoms with Crippen molar-refractivity contribution in [3.8, 4) is 5.75 Å². The van der Waals surface area contributed by atoms with Crippen LogP contribution in [0.4, 0.5) is 0 Å². The van der Waals surface area contributed by atoms with E-state index in [0.29, 0.717) is 19.8 Å². The first kappa shape index (κ1) is 17.0. The van der Waals surface area contributed by atoms with Gasteiger partial charge in [0.2, 0.25) is 0 Å². The second-order valence-electron chi connectivity index (χ2n) is 4.24. The minimum atomic E-state index is 0.553. The van der Waals surface area contributed by atoms with E-state index in [1.165, 1.54) is 5.56 Å². The highest BCUT2D eigenvalue weighted by Crippen LogP contribution is 2.34. The van der Waals surface area contributed by atoms with Gasteiger partial charge in [0.15, 0.2) is 0 Å². The zero-order chi connectivity index (χ0) is 14.1. The summed E-state index contributed by atoms with van der Waals surface area (Å²) in [6.45, 7) is 4.76. The monoisotopic (exact) mass is 393 g/mol. The Hall–Kier alpha value is -0.100. The Bertz CT molecular complexity index is 363. The predicted molar refractivity (Wildman–Crippen MR) is 85.8 cm³/mol. The van der Waals surface area contributed by atoms with Crippen LogP contribution in [-0.4, -0.2) is 26.4 Å². The Morgan fingerprint density at radius 1 is 1.11 bits per heavy atom. The van der Waals surface area contributed by atoms with E-state index in [0.717, 1.165) is 40.6 Å². The van der Waals surface area contributed by atoms with Gasteiger partial charge < -0.3 is 15.2 Å². The molecule has 0 heterocycles. The van der Waals surface area contributed by atoms with Crippen LogP contribution in [0.5, 0.6) is 5.75 Å². The summed E-state index contributed by atoms with van der Waals surface area (Å²) < 4.78 is 13.1. The lowest BCUT2D eigenvalue weighted by Gasteiger charge is -2.12. The summed E-state index contributed by atoms with van der Waals surface area (Å²) >= 11 is 7.05. The zero-order valence-corrected chi connectivity index (χ0v) is 14.4. The molecule has 1 rings (SSSR count). The summed E-state index contributed by atoms with van der Waals surface area (Å²) in [5.41, 5.74) is 6.75. The molecule has 19 heavy (non-hydrogen) atoms. The molecule has 0 saturated heterocycles. The van der Waals surface area contributed by atoms with Gasteiger partial charge in [-0.1, -0.05) is 13.3 Å². The minimum Gasteiger partial charge on any atom is -0.489 e. The number of ether oxygens (including phenoxy) is 2. The van der Waals surface area contributed by atoms with Gasteiger partial charge in [0.25, 0.3) is 0 Å². The van der Waals surface area contributed by atoms with Gasteiger partial charge in [-0.15, -0.1) is 0 Å². The number of hydrogen-bond donors (Lipinski definition) is 1. The van der Waals surface area contributed by atoms with Gasteiger partial charge in [-0.25, -0.2) is 0 Å². The average molecular weight is 395 g/mol. The summed E-state index contributed by atoms with van der Waals surface area (Å²) in [4.78, 5) is 0. The van der Waals surface area contributed by atoms with Crippen molar-refractivity contribution in [3.05, 3.63) is 26.6 Å². The second kappa shape index (κ2) is 9.75. The van der Waals surface area contributed by atoms with Crippen LogP contribution >= 0.6 is 31.9 Å². The highest BCUT2D eigenvalue weighted by molar-refractivity contribution is 9.11. The largest absolute Gasteiger partial charge is 0.489 e. The molecule has 2 N–H and O–H groups in total. The van der Waals surface area contributed by atoms with Gasteiger partial charge >= 0.3 is 0 Å². The van der Waals surface area contributed by atoms with E-state index in [1.54, 1.807) is 0 Å². The van der Waals surface area contributed by atoms with Crippen LogP contribution in [-0.2, 0) is 11.2 Å². The minimum absolute atomic E-state index is 0.553. The maximum Gasteiger partial charge on any atom is 0.147 e. The molecular weight excluding hydrogens is 374 g/mol. The Morgan fingerprint density at radius 2 is 1.79 bits per heavy atom. The standard InChI is InChI=1S/C14H21Br2NO2/c1-2-3-6-18-7-8-19-14-12(15)9-11(4-5-17)10-13(14)16/h9-10H,2-8,17H2,1H3. The topological polar surface area (TPSA) is 44.5 Å². The number of nitrogens with two attached hydrogens (primary N) is 1. The zero-order valence-electron chi connectivity index (χ0n) is 11.3. The van der Waals surface area contributed by atoms with Crippen LogP contribution < -0.4 is 10.5 Å². The lowest BCUT2D eigenvalue weighted by atomic mass is 10.1. The van der Waals surface area contributed by atoms with E-state index < -0.39 is 0 Å². The van der Waals surface area contributed by atoms with E-state index in [4.69, 9.17) is 15.2 Å². The molecule has 1 aromatic rings. The van der Waals surface area contributed by atoms with Gasteiger partial charge in [0.1, 0.15) is 12.4 Å². The highest BCUT2D eigenvalue weighted by Gasteiger charge is 2.08. The molecule has 108 valence electrons. The summed E-state index contributed by atoms with van der Waals surface area (Å²) in [5.74, 6) is 0.819. The van der Waals surface area contributed by atoms with Gasteiger partial charge in [0, 0.05) is 6.61 Å². The third kappa shape index (κ3) is 6.25. The van der Waals surface area contributed by atoms with Crippen molar-refractivity contribution in [1.29, 1.82) is 0 Å². The van der Waals surface area contributed by atoms with Gasteiger partial charge in [-0.2, -0.15) is 0 Å². The summed E-state index contributed by atoms with van der Waals surface area (Å²) in [5, 5.41) is 0. The lowest BCUT2D eigenvalue weighted by Crippen LogP contribution is -2.08. The van der Waals surface area contributed by atoms with Gasteiger partial charge in [0.05, 0.1) is 15.6 Å². The second-order valence-corrected chi connectivity index (χ2v) is 5.95. The van der Waals surface area contributed by atoms with Crippen LogP contribution in [0.25, 0.3) is 0 Å². The van der Waals surface area contributed by atoms with Crippen molar-refractivity contribution in [2.24, 2.45) is 5.73 Å². The smallest absolute Gasteiger partial charge is 0.147 e. The van der Waals surface area contributed by atoms with Crippen molar-refractivity contribution in [2.45, 2.75) is 26.2 Å². The Kier molecular flexibility index (Phi) is 8.70. The third-order valence-electron chi connectivity index (χ3n) is 2.61. The molecule has 0 aliphatic rings. The molecule has 0 spiro atoms. The fraction of sp³-hybridized carbons (Fsp3) is 0.571. The first-order valence-electron chi connectivity index (χ1n) is 6.57. The first-order chi connectivity index (χ1) is 9.19. The Morgan fingerprint density at radius 3 is 2.37 bits per heavy atom. The molecule has 0 saturated carbocycles. The molecular formula is C14H21Br2NO2. The molecule has 0 aliphatic carbocycles. The van der Waals surface area contributed by atoms with Crippen molar-refractivity contribution in [1.82, 2.24) is 0 Å². The molecule has 0 bridgehead atoms. The van der Waals surface area contributed by atoms with Crippen LogP contribution in [0.2, 0.25) is 0 Å². The van der Waals surface area contributed by atoms with Crippen LogP contribution in [0, 0.1) is 0 Å². The molecule has 1 aromatic carbocycles. The first-order valence-corrected chi connectivity index (χ1v) is 8.16. The molecule has 3 nitrogen and oxygen atoms in total. The number of benzene rings is 1. The summed E-state index contributed by atoms with van der Waals surface area (Å²) in [7, 11) is 0.